The molecule has 7 heteroatoms. The Morgan fingerprint density at radius 1 is 1.32 bits per heavy atom. The fourth-order valence-electron chi connectivity index (χ4n) is 2.60. The first-order valence-electron chi connectivity index (χ1n) is 8.21. The van der Waals surface area contributed by atoms with Gasteiger partial charge in [-0.1, -0.05) is 12.1 Å². The highest BCUT2D eigenvalue weighted by Gasteiger charge is 2.26. The van der Waals surface area contributed by atoms with Crippen molar-refractivity contribution in [1.82, 2.24) is 10.3 Å². The van der Waals surface area contributed by atoms with Gasteiger partial charge in [0.1, 0.15) is 5.75 Å². The first-order chi connectivity index (χ1) is 12.0. The Kier molecular flexibility index (Phi) is 5.33. The lowest BCUT2D eigenvalue weighted by Crippen LogP contribution is -2.29. The van der Waals surface area contributed by atoms with E-state index in [9.17, 15) is 9.59 Å². The predicted molar refractivity (Wildman–Crippen MR) is 96.9 cm³/mol. The summed E-state index contributed by atoms with van der Waals surface area (Å²) in [5.41, 5.74) is 1.91. The lowest BCUT2D eigenvalue weighted by atomic mass is 10.0. The van der Waals surface area contributed by atoms with Crippen LogP contribution in [0.2, 0.25) is 0 Å². The van der Waals surface area contributed by atoms with E-state index in [0.29, 0.717) is 11.0 Å². The van der Waals surface area contributed by atoms with E-state index in [0.717, 1.165) is 17.0 Å². The number of benzene rings is 1. The molecule has 6 nitrogen and oxygen atoms in total. The Morgan fingerprint density at radius 2 is 2.04 bits per heavy atom. The summed E-state index contributed by atoms with van der Waals surface area (Å²) >= 11 is 1.44. The van der Waals surface area contributed by atoms with Crippen LogP contribution >= 0.6 is 11.3 Å². The molecule has 1 unspecified atom stereocenters. The number of anilines is 1. The molecule has 132 valence electrons. The smallest absolute Gasteiger partial charge is 0.228 e. The molecule has 2 amide bonds. The highest BCUT2D eigenvalue weighted by Crippen LogP contribution is 2.40. The van der Waals surface area contributed by atoms with Crippen LogP contribution in [0.25, 0.3) is 0 Å². The number of thiazole rings is 1. The Bertz CT molecular complexity index is 753. The lowest BCUT2D eigenvalue weighted by Gasteiger charge is -2.18. The third-order valence-electron chi connectivity index (χ3n) is 4.05. The number of nitrogens with zero attached hydrogens (tertiary/aromatic N) is 1. The lowest BCUT2D eigenvalue weighted by molar-refractivity contribution is -0.120. The minimum absolute atomic E-state index is 0.143. The number of rotatable bonds is 7. The van der Waals surface area contributed by atoms with Crippen LogP contribution in [0.4, 0.5) is 5.13 Å². The van der Waals surface area contributed by atoms with Gasteiger partial charge in [0.25, 0.3) is 0 Å². The minimum atomic E-state index is -0.397. The topological polar surface area (TPSA) is 80.3 Å². The summed E-state index contributed by atoms with van der Waals surface area (Å²) in [5, 5.41) is 8.28. The largest absolute Gasteiger partial charge is 0.497 e. The number of nitrogens with one attached hydrogen (secondary N) is 2. The molecule has 1 aliphatic rings. The first-order valence-corrected chi connectivity index (χ1v) is 9.09. The summed E-state index contributed by atoms with van der Waals surface area (Å²) in [6, 6.07) is 6.92. The predicted octanol–water partition coefficient (Wildman–Crippen LogP) is 3.24. The Hall–Kier alpha value is -2.41. The fraction of sp³-hybridized carbons (Fsp3) is 0.389. The highest BCUT2D eigenvalue weighted by molar-refractivity contribution is 7.13. The van der Waals surface area contributed by atoms with Crippen LogP contribution in [0.1, 0.15) is 49.4 Å². The van der Waals surface area contributed by atoms with E-state index in [1.807, 2.05) is 29.6 Å². The van der Waals surface area contributed by atoms with Gasteiger partial charge in [0.15, 0.2) is 5.13 Å². The van der Waals surface area contributed by atoms with Crippen LogP contribution in [0.3, 0.4) is 0 Å². The second kappa shape index (κ2) is 7.65. The van der Waals surface area contributed by atoms with Gasteiger partial charge in [-0.3, -0.25) is 9.59 Å². The van der Waals surface area contributed by atoms with Crippen molar-refractivity contribution >= 4 is 28.3 Å². The molecule has 0 bridgehead atoms. The molecule has 2 aromatic rings. The monoisotopic (exact) mass is 359 g/mol. The molecule has 0 spiro atoms. The summed E-state index contributed by atoms with van der Waals surface area (Å²) in [6.07, 6.45) is 2.50. The number of amides is 2. The van der Waals surface area contributed by atoms with Crippen molar-refractivity contribution in [3.05, 3.63) is 40.9 Å². The van der Waals surface area contributed by atoms with E-state index in [1.54, 1.807) is 7.11 Å². The molecule has 1 saturated carbocycles. The summed E-state index contributed by atoms with van der Waals surface area (Å²) in [5.74, 6) is 0.934. The number of hydrogen-bond acceptors (Lipinski definition) is 5. The molecule has 25 heavy (non-hydrogen) atoms. The van der Waals surface area contributed by atoms with E-state index >= 15 is 0 Å². The van der Waals surface area contributed by atoms with Crippen molar-refractivity contribution in [2.75, 3.05) is 12.4 Å². The van der Waals surface area contributed by atoms with Crippen molar-refractivity contribution < 1.29 is 14.3 Å². The molecule has 1 aromatic heterocycles. The Morgan fingerprint density at radius 3 is 2.64 bits per heavy atom. The van der Waals surface area contributed by atoms with Gasteiger partial charge in [-0.25, -0.2) is 4.98 Å². The van der Waals surface area contributed by atoms with E-state index in [2.05, 4.69) is 15.6 Å². The Labute approximate surface area is 150 Å². The molecule has 0 saturated heterocycles. The number of aromatic nitrogens is 1. The summed E-state index contributed by atoms with van der Waals surface area (Å²) in [4.78, 5) is 28.3. The third-order valence-corrected chi connectivity index (χ3v) is 4.83. The maximum absolute atomic E-state index is 12.4. The average Bonchev–Trinajstić information content (AvgIpc) is 3.34. The van der Waals surface area contributed by atoms with Gasteiger partial charge in [-0.2, -0.15) is 0 Å². The zero-order valence-corrected chi connectivity index (χ0v) is 15.1. The Balaban J connectivity index is 1.65. The van der Waals surface area contributed by atoms with Crippen LogP contribution < -0.4 is 15.4 Å². The van der Waals surface area contributed by atoms with Gasteiger partial charge in [0.2, 0.25) is 11.8 Å². The minimum Gasteiger partial charge on any atom is -0.497 e. The molecule has 2 N–H and O–H groups in total. The second-order valence-corrected chi connectivity index (χ2v) is 6.99. The van der Waals surface area contributed by atoms with E-state index < -0.39 is 6.04 Å². The molecule has 1 aliphatic carbocycles. The third kappa shape index (κ3) is 4.79. The summed E-state index contributed by atoms with van der Waals surface area (Å²) in [7, 11) is 1.59. The highest BCUT2D eigenvalue weighted by atomic mass is 32.1. The van der Waals surface area contributed by atoms with Crippen LogP contribution in [-0.2, 0) is 9.59 Å². The van der Waals surface area contributed by atoms with E-state index in [4.69, 9.17) is 4.74 Å². The van der Waals surface area contributed by atoms with Crippen molar-refractivity contribution in [2.24, 2.45) is 0 Å². The molecule has 3 rings (SSSR count). The summed E-state index contributed by atoms with van der Waals surface area (Å²) < 4.78 is 5.14. The standard InChI is InChI=1S/C18H21N3O3S/c1-11(22)19-15(12-5-7-14(24-2)8-6-12)9-17(23)21-18-20-16(10-25-18)13-3-4-13/h5-8,10,13,15H,3-4,9H2,1-2H3,(H,19,22)(H,20,21,23). The molecular formula is C18H21N3O3S. The molecule has 0 aliphatic heterocycles. The summed E-state index contributed by atoms with van der Waals surface area (Å²) in [6.45, 7) is 1.44. The van der Waals surface area contributed by atoms with Crippen LogP contribution in [0.15, 0.2) is 29.6 Å². The fourth-order valence-corrected chi connectivity index (χ4v) is 3.41. The van der Waals surface area contributed by atoms with Gasteiger partial charge < -0.3 is 15.4 Å². The van der Waals surface area contributed by atoms with Gasteiger partial charge in [-0.05, 0) is 30.5 Å². The van der Waals surface area contributed by atoms with E-state index in [-0.39, 0.29) is 18.2 Å². The number of hydrogen-bond donors (Lipinski definition) is 2. The average molecular weight is 359 g/mol. The normalized spacial score (nSPS) is 14.6. The number of carbonyl (C=O) groups is 2. The molecule has 0 radical (unpaired) electrons. The SMILES string of the molecule is COc1ccc(C(CC(=O)Nc2nc(C3CC3)cs2)NC(C)=O)cc1. The van der Waals surface area contributed by atoms with Gasteiger partial charge in [0.05, 0.1) is 25.3 Å². The molecule has 1 aromatic carbocycles. The van der Waals surface area contributed by atoms with E-state index in [1.165, 1.54) is 31.1 Å². The van der Waals surface area contributed by atoms with Gasteiger partial charge in [-0.15, -0.1) is 11.3 Å². The van der Waals surface area contributed by atoms with Crippen molar-refractivity contribution in [3.63, 3.8) is 0 Å². The van der Waals surface area contributed by atoms with Gasteiger partial charge >= 0.3 is 0 Å². The number of carbonyl (C=O) groups excluding carboxylic acids is 2. The maximum Gasteiger partial charge on any atom is 0.228 e. The van der Waals surface area contributed by atoms with Crippen molar-refractivity contribution in [2.45, 2.75) is 38.1 Å². The van der Waals surface area contributed by atoms with Crippen LogP contribution in [-0.4, -0.2) is 23.9 Å². The van der Waals surface area contributed by atoms with Crippen LogP contribution in [0.5, 0.6) is 5.75 Å². The van der Waals surface area contributed by atoms with Crippen molar-refractivity contribution in [1.29, 1.82) is 0 Å². The molecule has 1 fully saturated rings. The van der Waals surface area contributed by atoms with Gasteiger partial charge in [0, 0.05) is 18.2 Å². The number of methoxy groups -OCH3 is 1. The second-order valence-electron chi connectivity index (χ2n) is 6.13. The zero-order valence-electron chi connectivity index (χ0n) is 14.2. The quantitative estimate of drug-likeness (QED) is 0.795. The first kappa shape index (κ1) is 17.4. The molecular weight excluding hydrogens is 338 g/mol. The van der Waals surface area contributed by atoms with Crippen molar-refractivity contribution in [3.8, 4) is 5.75 Å². The van der Waals surface area contributed by atoms with Crippen LogP contribution in [0, 0.1) is 0 Å². The molecule has 1 atom stereocenters. The maximum atomic E-state index is 12.4. The number of ether oxygens (including phenoxy) is 1. The molecule has 1 heterocycles. The zero-order chi connectivity index (χ0) is 17.8.